The second kappa shape index (κ2) is 14.6. The molecule has 2 aliphatic carbocycles. The zero-order chi connectivity index (χ0) is 23.3. The highest BCUT2D eigenvalue weighted by Gasteiger charge is 2.33. The molecule has 2 aliphatic rings. The van der Waals surface area contributed by atoms with Crippen LogP contribution in [0.15, 0.2) is 18.3 Å². The lowest BCUT2D eigenvalue weighted by atomic mass is 9.68. The molecule has 0 saturated heterocycles. The highest BCUT2D eigenvalue weighted by molar-refractivity contribution is 5.75. The van der Waals surface area contributed by atoms with Gasteiger partial charge in [-0.15, -0.1) is 0 Å². The van der Waals surface area contributed by atoms with Crippen molar-refractivity contribution in [1.82, 2.24) is 4.98 Å². The molecule has 0 spiro atoms. The van der Waals surface area contributed by atoms with Crippen molar-refractivity contribution in [3.63, 3.8) is 0 Å². The summed E-state index contributed by atoms with van der Waals surface area (Å²) in [4.78, 5) is 16.9. The molecule has 4 nitrogen and oxygen atoms in total. The summed E-state index contributed by atoms with van der Waals surface area (Å²) in [5, 5.41) is 0. The molecule has 0 unspecified atom stereocenters. The second-order valence-corrected chi connectivity index (χ2v) is 10.6. The van der Waals surface area contributed by atoms with Crippen molar-refractivity contribution in [1.29, 1.82) is 0 Å². The van der Waals surface area contributed by atoms with Gasteiger partial charge in [0.15, 0.2) is 0 Å². The van der Waals surface area contributed by atoms with Gasteiger partial charge in [0, 0.05) is 6.07 Å². The van der Waals surface area contributed by atoms with Gasteiger partial charge in [0.25, 0.3) is 0 Å². The van der Waals surface area contributed by atoms with E-state index in [4.69, 9.17) is 9.47 Å². The van der Waals surface area contributed by atoms with Gasteiger partial charge in [0.1, 0.15) is 5.75 Å². The van der Waals surface area contributed by atoms with Gasteiger partial charge in [0.2, 0.25) is 5.88 Å². The molecule has 2 fully saturated rings. The van der Waals surface area contributed by atoms with E-state index in [-0.39, 0.29) is 11.9 Å². The summed E-state index contributed by atoms with van der Waals surface area (Å²) in [7, 11) is 0. The van der Waals surface area contributed by atoms with Gasteiger partial charge in [-0.3, -0.25) is 4.79 Å². The van der Waals surface area contributed by atoms with Gasteiger partial charge in [-0.1, -0.05) is 71.6 Å². The van der Waals surface area contributed by atoms with Crippen LogP contribution in [0, 0.1) is 23.7 Å². The maximum atomic E-state index is 12.7. The van der Waals surface area contributed by atoms with Gasteiger partial charge in [-0.05, 0) is 68.8 Å². The topological polar surface area (TPSA) is 48.4 Å². The van der Waals surface area contributed by atoms with Gasteiger partial charge in [0.05, 0.1) is 18.7 Å². The number of aromatic nitrogens is 1. The Kier molecular flexibility index (Phi) is 11.5. The minimum Gasteiger partial charge on any atom is -0.478 e. The van der Waals surface area contributed by atoms with Gasteiger partial charge < -0.3 is 9.47 Å². The first-order chi connectivity index (χ1) is 16.2. The van der Waals surface area contributed by atoms with E-state index in [0.717, 1.165) is 43.4 Å². The van der Waals surface area contributed by atoms with E-state index in [0.29, 0.717) is 18.2 Å². The molecule has 1 heterocycles. The van der Waals surface area contributed by atoms with Crippen LogP contribution in [-0.2, 0) is 4.79 Å². The first-order valence-electron chi connectivity index (χ1n) is 14.0. The van der Waals surface area contributed by atoms with E-state index in [1.807, 2.05) is 0 Å². The molecule has 0 aromatic carbocycles. The van der Waals surface area contributed by atoms with Crippen molar-refractivity contribution >= 4 is 5.97 Å². The van der Waals surface area contributed by atoms with Crippen LogP contribution in [0.1, 0.15) is 117 Å². The number of pyridine rings is 1. The highest BCUT2D eigenvalue weighted by Crippen LogP contribution is 2.42. The smallest absolute Gasteiger partial charge is 0.314 e. The predicted octanol–water partition coefficient (Wildman–Crippen LogP) is 8.14. The number of hydrogen-bond donors (Lipinski definition) is 0. The largest absolute Gasteiger partial charge is 0.478 e. The maximum Gasteiger partial charge on any atom is 0.314 e. The minimum absolute atomic E-state index is 0.0428. The number of unbranched alkanes of at least 4 members (excludes halogenated alkanes) is 5. The Labute approximate surface area is 202 Å². The summed E-state index contributed by atoms with van der Waals surface area (Å²) < 4.78 is 11.2. The maximum absolute atomic E-state index is 12.7. The lowest BCUT2D eigenvalue weighted by molar-refractivity contribution is -0.140. The number of carbonyl (C=O) groups excluding carboxylic acids is 1. The Hall–Kier alpha value is -1.58. The van der Waals surface area contributed by atoms with Crippen molar-refractivity contribution in [2.24, 2.45) is 23.7 Å². The molecule has 3 rings (SSSR count). The zero-order valence-electron chi connectivity index (χ0n) is 21.2. The van der Waals surface area contributed by atoms with Crippen molar-refractivity contribution in [2.45, 2.75) is 117 Å². The third kappa shape index (κ3) is 8.94. The lowest BCUT2D eigenvalue weighted by Crippen LogP contribution is -2.30. The van der Waals surface area contributed by atoms with Crippen LogP contribution < -0.4 is 9.47 Å². The predicted molar refractivity (Wildman–Crippen MR) is 135 cm³/mol. The summed E-state index contributed by atoms with van der Waals surface area (Å²) in [6.07, 6.45) is 22.2. The number of rotatable bonds is 13. The third-order valence-electron chi connectivity index (χ3n) is 8.05. The van der Waals surface area contributed by atoms with Crippen molar-refractivity contribution in [3.05, 3.63) is 18.3 Å². The molecule has 0 aliphatic heterocycles. The Morgan fingerprint density at radius 1 is 0.848 bits per heavy atom. The van der Waals surface area contributed by atoms with Crippen LogP contribution in [-0.4, -0.2) is 17.6 Å². The molecule has 0 radical (unpaired) electrons. The fourth-order valence-electron chi connectivity index (χ4n) is 5.84. The molecule has 1 aromatic rings. The fourth-order valence-corrected chi connectivity index (χ4v) is 5.84. The van der Waals surface area contributed by atoms with Crippen LogP contribution in [0.5, 0.6) is 11.6 Å². The Bertz CT molecular complexity index is 658. The summed E-state index contributed by atoms with van der Waals surface area (Å²) in [6.45, 7) is 5.10. The molecule has 33 heavy (non-hydrogen) atoms. The normalized spacial score (nSPS) is 25.5. The Morgan fingerprint density at radius 2 is 1.52 bits per heavy atom. The number of esters is 1. The molecular weight excluding hydrogens is 410 g/mol. The number of ether oxygens (including phenoxy) is 2. The molecule has 1 aromatic heterocycles. The summed E-state index contributed by atoms with van der Waals surface area (Å²) in [6, 6.07) is 3.58. The molecule has 0 bridgehead atoms. The van der Waals surface area contributed by atoms with E-state index in [1.54, 1.807) is 18.3 Å². The Balaban J connectivity index is 1.31. The third-order valence-corrected chi connectivity index (χ3v) is 8.05. The summed E-state index contributed by atoms with van der Waals surface area (Å²) in [5.74, 6) is 3.77. The van der Waals surface area contributed by atoms with Crippen LogP contribution in [0.4, 0.5) is 0 Å². The second-order valence-electron chi connectivity index (χ2n) is 10.6. The van der Waals surface area contributed by atoms with Crippen molar-refractivity contribution in [2.75, 3.05) is 6.61 Å². The standard InChI is InChI=1S/C29H47NO3/c1-3-5-7-8-9-10-23-11-13-24(14-12-23)25-15-17-26(18-16-25)29(31)33-27-19-20-28(30-22-27)32-21-6-4-2/h19-20,22-26H,3-18,21H2,1-2H3/t23-,24-,25-,26-. The average Bonchev–Trinajstić information content (AvgIpc) is 2.86. The number of nitrogens with zero attached hydrogens (tertiary/aromatic N) is 1. The summed E-state index contributed by atoms with van der Waals surface area (Å²) in [5.41, 5.74) is 0. The highest BCUT2D eigenvalue weighted by atomic mass is 16.5. The monoisotopic (exact) mass is 457 g/mol. The van der Waals surface area contributed by atoms with Gasteiger partial charge >= 0.3 is 5.97 Å². The van der Waals surface area contributed by atoms with Crippen LogP contribution >= 0.6 is 0 Å². The number of carbonyl (C=O) groups is 1. The van der Waals surface area contributed by atoms with Crippen LogP contribution in [0.2, 0.25) is 0 Å². The zero-order valence-corrected chi connectivity index (χ0v) is 21.2. The fraction of sp³-hybridized carbons (Fsp3) is 0.793. The summed E-state index contributed by atoms with van der Waals surface area (Å²) >= 11 is 0. The molecule has 186 valence electrons. The van der Waals surface area contributed by atoms with Gasteiger partial charge in [-0.2, -0.15) is 0 Å². The van der Waals surface area contributed by atoms with Crippen molar-refractivity contribution in [3.8, 4) is 11.6 Å². The SMILES string of the molecule is CCCCCCC[C@H]1CC[C@H]([C@H]2CC[C@H](C(=O)Oc3ccc(OCCCC)nc3)CC2)CC1. The van der Waals surface area contributed by atoms with E-state index < -0.39 is 0 Å². The molecule has 0 atom stereocenters. The van der Waals surface area contributed by atoms with Crippen LogP contribution in [0.25, 0.3) is 0 Å². The average molecular weight is 458 g/mol. The van der Waals surface area contributed by atoms with E-state index >= 15 is 0 Å². The van der Waals surface area contributed by atoms with Crippen LogP contribution in [0.3, 0.4) is 0 Å². The number of hydrogen-bond acceptors (Lipinski definition) is 4. The molecule has 0 amide bonds. The molecular formula is C29H47NO3. The Morgan fingerprint density at radius 3 is 2.15 bits per heavy atom. The lowest BCUT2D eigenvalue weighted by Gasteiger charge is -2.37. The van der Waals surface area contributed by atoms with E-state index in [2.05, 4.69) is 18.8 Å². The first-order valence-corrected chi connectivity index (χ1v) is 14.0. The van der Waals surface area contributed by atoms with E-state index in [9.17, 15) is 4.79 Å². The molecule has 2 saturated carbocycles. The molecule has 0 N–H and O–H groups in total. The molecule has 4 heteroatoms. The van der Waals surface area contributed by atoms with Crippen molar-refractivity contribution < 1.29 is 14.3 Å². The van der Waals surface area contributed by atoms with E-state index in [1.165, 1.54) is 77.0 Å². The van der Waals surface area contributed by atoms with Gasteiger partial charge in [-0.25, -0.2) is 4.98 Å². The first kappa shape index (κ1) is 26.0. The quantitative estimate of drug-likeness (QED) is 0.221. The minimum atomic E-state index is -0.0818.